The van der Waals surface area contributed by atoms with Gasteiger partial charge < -0.3 is 14.7 Å². The summed E-state index contributed by atoms with van der Waals surface area (Å²) in [4.78, 5) is 19.2. The number of likely N-dealkylation sites (tertiary alicyclic amines) is 1. The second kappa shape index (κ2) is 7.46. The quantitative estimate of drug-likeness (QED) is 0.696. The van der Waals surface area contributed by atoms with Gasteiger partial charge in [-0.1, -0.05) is 46.6 Å². The number of rotatable bonds is 3. The van der Waals surface area contributed by atoms with Gasteiger partial charge in [0.2, 0.25) is 11.7 Å². The van der Waals surface area contributed by atoms with Crippen LogP contribution in [0.3, 0.4) is 0 Å². The first kappa shape index (κ1) is 18.2. The van der Waals surface area contributed by atoms with Gasteiger partial charge in [0.25, 0.3) is 0 Å². The molecule has 6 heteroatoms. The molecule has 0 aliphatic carbocycles. The first-order valence-electron chi connectivity index (χ1n) is 9.57. The van der Waals surface area contributed by atoms with Crippen LogP contribution in [0.5, 0.6) is 0 Å². The Morgan fingerprint density at radius 2 is 1.96 bits per heavy atom. The molecule has 1 N–H and O–H groups in total. The van der Waals surface area contributed by atoms with Gasteiger partial charge in [-0.25, -0.2) is 4.79 Å². The first-order valence-corrected chi connectivity index (χ1v) is 9.57. The SMILES string of the molecule is Cc1cccc(-c2noc([C@H]3CCCN3C(=O)Nc3ccc(C)cc3C)n2)c1. The van der Waals surface area contributed by atoms with Crippen molar-refractivity contribution in [2.24, 2.45) is 0 Å². The van der Waals surface area contributed by atoms with Crippen LogP contribution in [0, 0.1) is 20.8 Å². The molecule has 144 valence electrons. The van der Waals surface area contributed by atoms with E-state index in [1.165, 1.54) is 5.56 Å². The summed E-state index contributed by atoms with van der Waals surface area (Å²) in [5.41, 5.74) is 5.10. The number of hydrogen-bond acceptors (Lipinski definition) is 4. The highest BCUT2D eigenvalue weighted by molar-refractivity contribution is 5.90. The van der Waals surface area contributed by atoms with E-state index in [0.717, 1.165) is 35.2 Å². The van der Waals surface area contributed by atoms with Gasteiger partial charge in [-0.05, 0) is 51.3 Å². The monoisotopic (exact) mass is 376 g/mol. The number of carbonyl (C=O) groups is 1. The fraction of sp³-hybridized carbons (Fsp3) is 0.318. The van der Waals surface area contributed by atoms with Crippen molar-refractivity contribution in [3.05, 3.63) is 65.0 Å². The average Bonchev–Trinajstić information content (AvgIpc) is 3.33. The van der Waals surface area contributed by atoms with E-state index in [1.54, 1.807) is 4.90 Å². The van der Waals surface area contributed by atoms with Gasteiger partial charge in [0.05, 0.1) is 0 Å². The lowest BCUT2D eigenvalue weighted by atomic mass is 10.1. The van der Waals surface area contributed by atoms with Crippen LogP contribution in [0.25, 0.3) is 11.4 Å². The van der Waals surface area contributed by atoms with Gasteiger partial charge in [-0.15, -0.1) is 0 Å². The summed E-state index contributed by atoms with van der Waals surface area (Å²) in [7, 11) is 0. The smallest absolute Gasteiger partial charge is 0.322 e. The van der Waals surface area contributed by atoms with Gasteiger partial charge in [0, 0.05) is 17.8 Å². The normalized spacial score (nSPS) is 16.4. The van der Waals surface area contributed by atoms with Crippen LogP contribution in [0.4, 0.5) is 10.5 Å². The fourth-order valence-electron chi connectivity index (χ4n) is 3.68. The van der Waals surface area contributed by atoms with Gasteiger partial charge in [0.1, 0.15) is 6.04 Å². The molecule has 1 saturated heterocycles. The third kappa shape index (κ3) is 3.63. The summed E-state index contributed by atoms with van der Waals surface area (Å²) in [6.45, 7) is 6.73. The van der Waals surface area contributed by atoms with E-state index in [-0.39, 0.29) is 12.1 Å². The number of nitrogens with zero attached hydrogens (tertiary/aromatic N) is 3. The number of aryl methyl sites for hydroxylation is 3. The summed E-state index contributed by atoms with van der Waals surface area (Å²) in [6, 6.07) is 13.6. The molecule has 6 nitrogen and oxygen atoms in total. The molecule has 4 rings (SSSR count). The third-order valence-electron chi connectivity index (χ3n) is 5.14. The minimum Gasteiger partial charge on any atom is -0.337 e. The minimum atomic E-state index is -0.197. The highest BCUT2D eigenvalue weighted by atomic mass is 16.5. The average molecular weight is 376 g/mol. The molecule has 1 aliphatic rings. The number of carbonyl (C=O) groups excluding carboxylic acids is 1. The number of urea groups is 1. The molecule has 0 saturated carbocycles. The fourth-order valence-corrected chi connectivity index (χ4v) is 3.68. The van der Waals surface area contributed by atoms with Crippen molar-refractivity contribution in [3.63, 3.8) is 0 Å². The Morgan fingerprint density at radius 1 is 1.14 bits per heavy atom. The summed E-state index contributed by atoms with van der Waals surface area (Å²) >= 11 is 0. The molecule has 3 aromatic rings. The Kier molecular flexibility index (Phi) is 4.86. The maximum atomic E-state index is 12.9. The zero-order chi connectivity index (χ0) is 19.7. The van der Waals surface area contributed by atoms with Crippen LogP contribution < -0.4 is 5.32 Å². The molecule has 2 amide bonds. The summed E-state index contributed by atoms with van der Waals surface area (Å²) < 4.78 is 5.53. The molecule has 28 heavy (non-hydrogen) atoms. The van der Waals surface area contributed by atoms with E-state index >= 15 is 0 Å². The van der Waals surface area contributed by atoms with Gasteiger partial charge in [-0.3, -0.25) is 0 Å². The molecule has 0 spiro atoms. The number of anilines is 1. The highest BCUT2D eigenvalue weighted by Crippen LogP contribution is 2.33. The lowest BCUT2D eigenvalue weighted by Gasteiger charge is -2.22. The zero-order valence-corrected chi connectivity index (χ0v) is 16.4. The van der Waals surface area contributed by atoms with Crippen molar-refractivity contribution in [2.45, 2.75) is 39.7 Å². The Balaban J connectivity index is 1.53. The number of aromatic nitrogens is 2. The lowest BCUT2D eigenvalue weighted by Crippen LogP contribution is -2.34. The summed E-state index contributed by atoms with van der Waals surface area (Å²) in [6.07, 6.45) is 1.73. The Bertz CT molecular complexity index is 1010. The molecule has 1 aliphatic heterocycles. The van der Waals surface area contributed by atoms with Crippen molar-refractivity contribution < 1.29 is 9.32 Å². The molecule has 2 aromatic carbocycles. The van der Waals surface area contributed by atoms with Crippen LogP contribution in [0.2, 0.25) is 0 Å². The number of benzene rings is 2. The van der Waals surface area contributed by atoms with Crippen LogP contribution in [-0.4, -0.2) is 27.6 Å². The topological polar surface area (TPSA) is 71.3 Å². The number of hydrogen-bond donors (Lipinski definition) is 1. The molecule has 2 heterocycles. The first-order chi connectivity index (χ1) is 13.5. The number of nitrogens with one attached hydrogen (secondary N) is 1. The largest absolute Gasteiger partial charge is 0.337 e. The summed E-state index contributed by atoms with van der Waals surface area (Å²) in [5, 5.41) is 7.15. The minimum absolute atomic E-state index is 0.134. The van der Waals surface area contributed by atoms with E-state index in [1.807, 2.05) is 57.2 Å². The van der Waals surface area contributed by atoms with Crippen molar-refractivity contribution in [1.29, 1.82) is 0 Å². The van der Waals surface area contributed by atoms with E-state index in [4.69, 9.17) is 4.52 Å². The van der Waals surface area contributed by atoms with Crippen molar-refractivity contribution in [1.82, 2.24) is 15.0 Å². The standard InChI is InChI=1S/C22H24N4O2/c1-14-6-4-7-17(13-14)20-24-21(28-25-20)19-8-5-11-26(19)22(27)23-18-10-9-15(2)12-16(18)3/h4,6-7,9-10,12-13,19H,5,8,11H2,1-3H3,(H,23,27)/t19-/m1/s1. The van der Waals surface area contributed by atoms with E-state index in [0.29, 0.717) is 18.3 Å². The van der Waals surface area contributed by atoms with Crippen LogP contribution in [-0.2, 0) is 0 Å². The maximum Gasteiger partial charge on any atom is 0.322 e. The molecule has 0 bridgehead atoms. The van der Waals surface area contributed by atoms with Crippen LogP contribution in [0.15, 0.2) is 47.0 Å². The van der Waals surface area contributed by atoms with E-state index < -0.39 is 0 Å². The van der Waals surface area contributed by atoms with Crippen LogP contribution >= 0.6 is 0 Å². The molecule has 1 aromatic heterocycles. The molecule has 1 fully saturated rings. The van der Waals surface area contributed by atoms with Crippen LogP contribution in [0.1, 0.15) is 41.5 Å². The van der Waals surface area contributed by atoms with Gasteiger partial charge in [0.15, 0.2) is 0 Å². The molecule has 1 atom stereocenters. The van der Waals surface area contributed by atoms with Crippen molar-refractivity contribution >= 4 is 11.7 Å². The predicted molar refractivity (Wildman–Crippen MR) is 108 cm³/mol. The second-order valence-corrected chi connectivity index (χ2v) is 7.43. The molecular weight excluding hydrogens is 352 g/mol. The second-order valence-electron chi connectivity index (χ2n) is 7.43. The Morgan fingerprint density at radius 3 is 2.75 bits per heavy atom. The Hall–Kier alpha value is -3.15. The maximum absolute atomic E-state index is 12.9. The van der Waals surface area contributed by atoms with E-state index in [2.05, 4.69) is 21.5 Å². The number of amides is 2. The van der Waals surface area contributed by atoms with E-state index in [9.17, 15) is 4.79 Å². The molecule has 0 unspecified atom stereocenters. The molecule has 0 radical (unpaired) electrons. The zero-order valence-electron chi connectivity index (χ0n) is 16.4. The van der Waals surface area contributed by atoms with Gasteiger partial charge >= 0.3 is 6.03 Å². The van der Waals surface area contributed by atoms with Crippen molar-refractivity contribution in [2.75, 3.05) is 11.9 Å². The van der Waals surface area contributed by atoms with Gasteiger partial charge in [-0.2, -0.15) is 4.98 Å². The highest BCUT2D eigenvalue weighted by Gasteiger charge is 2.34. The predicted octanol–water partition coefficient (Wildman–Crippen LogP) is 5.03. The summed E-state index contributed by atoms with van der Waals surface area (Å²) in [5.74, 6) is 1.05. The van der Waals surface area contributed by atoms with Crippen molar-refractivity contribution in [3.8, 4) is 11.4 Å². The molecular formula is C22H24N4O2. The third-order valence-corrected chi connectivity index (χ3v) is 5.14. The lowest BCUT2D eigenvalue weighted by molar-refractivity contribution is 0.193. The Labute approximate surface area is 164 Å².